The number of hydrogen-bond acceptors (Lipinski definition) is 4. The summed E-state index contributed by atoms with van der Waals surface area (Å²) in [6.45, 7) is 5.57. The first-order chi connectivity index (χ1) is 12.7. The van der Waals surface area contributed by atoms with Gasteiger partial charge in [-0.3, -0.25) is 0 Å². The van der Waals surface area contributed by atoms with E-state index in [-0.39, 0.29) is 6.61 Å². The van der Waals surface area contributed by atoms with Crippen LogP contribution in [0.1, 0.15) is 5.56 Å². The van der Waals surface area contributed by atoms with Crippen LogP contribution >= 0.6 is 0 Å². The fourth-order valence-electron chi connectivity index (χ4n) is 2.63. The van der Waals surface area contributed by atoms with E-state index in [4.69, 9.17) is 9.47 Å². The first kappa shape index (κ1) is 20.6. The summed E-state index contributed by atoms with van der Waals surface area (Å²) in [4.78, 5) is 12.5. The van der Waals surface area contributed by atoms with Gasteiger partial charge in [0.25, 0.3) is 0 Å². The van der Waals surface area contributed by atoms with Crippen LogP contribution in [0, 0.1) is 0 Å². The summed E-state index contributed by atoms with van der Waals surface area (Å²) in [5.41, 5.74) is 0.512. The average Bonchev–Trinajstić information content (AvgIpc) is 2.64. The van der Waals surface area contributed by atoms with E-state index < -0.39 is 26.0 Å². The molecule has 2 aromatic rings. The van der Waals surface area contributed by atoms with Gasteiger partial charge in [0, 0.05) is 5.69 Å². The zero-order valence-corrected chi connectivity index (χ0v) is 16.8. The summed E-state index contributed by atoms with van der Waals surface area (Å²) < 4.78 is 39.3. The Morgan fingerprint density at radius 2 is 1.59 bits per heavy atom. The third-order valence-corrected chi connectivity index (χ3v) is 5.63. The van der Waals surface area contributed by atoms with E-state index in [2.05, 4.69) is 0 Å². The Hall–Kier alpha value is -2.67. The maximum Gasteiger partial charge on any atom is 0.360 e. The number of halogens is 2. The summed E-state index contributed by atoms with van der Waals surface area (Å²) in [7, 11) is -0.872. The van der Waals surface area contributed by atoms with Gasteiger partial charge >= 0.3 is 12.0 Å². The van der Waals surface area contributed by atoms with Gasteiger partial charge in [-0.15, -0.1) is 0 Å². The molecule has 2 rings (SSSR count). The van der Waals surface area contributed by atoms with Crippen molar-refractivity contribution in [3.8, 4) is 5.75 Å². The molecule has 0 aliphatic rings. The Morgan fingerprint density at radius 1 is 1.00 bits per heavy atom. The van der Waals surface area contributed by atoms with Gasteiger partial charge in [0.15, 0.2) is 13.9 Å². The molecule has 0 aliphatic heterocycles. The van der Waals surface area contributed by atoms with Crippen molar-refractivity contribution in [3.63, 3.8) is 0 Å². The topological polar surface area (TPSA) is 38.8 Å². The van der Waals surface area contributed by atoms with Crippen molar-refractivity contribution < 1.29 is 23.0 Å². The van der Waals surface area contributed by atoms with Gasteiger partial charge in [-0.05, 0) is 29.8 Å². The van der Waals surface area contributed by atoms with Crippen LogP contribution < -0.4 is 9.30 Å². The van der Waals surface area contributed by atoms with Gasteiger partial charge < -0.3 is 14.0 Å². The highest BCUT2D eigenvalue weighted by molar-refractivity contribution is 6.80. The number of carbonyl (C=O) groups is 1. The van der Waals surface area contributed by atoms with Crippen LogP contribution in [0.25, 0.3) is 0 Å². The summed E-state index contributed by atoms with van der Waals surface area (Å²) >= 11 is 0. The Balaban J connectivity index is 2.34. The van der Waals surface area contributed by atoms with Crippen molar-refractivity contribution in [1.82, 2.24) is 0 Å². The highest BCUT2D eigenvalue weighted by atomic mass is 28.3. The van der Waals surface area contributed by atoms with Crippen LogP contribution in [-0.2, 0) is 16.1 Å². The fraction of sp³-hybridized carbons (Fsp3) is 0.250. The predicted molar refractivity (Wildman–Crippen MR) is 104 cm³/mol. The van der Waals surface area contributed by atoms with E-state index in [0.29, 0.717) is 11.4 Å². The molecule has 0 heterocycles. The molecule has 144 valence electrons. The summed E-state index contributed by atoms with van der Waals surface area (Å²) in [6, 6.07) is 15.6. The number of rotatable bonds is 7. The lowest BCUT2D eigenvalue weighted by Crippen LogP contribution is -2.48. The maximum absolute atomic E-state index is 13.8. The molecule has 0 bridgehead atoms. The minimum absolute atomic E-state index is 0.0708. The van der Waals surface area contributed by atoms with Gasteiger partial charge in [-0.2, -0.15) is 8.78 Å². The lowest BCUT2D eigenvalue weighted by molar-refractivity contribution is -0.140. The number of anilines is 1. The zero-order chi connectivity index (χ0) is 20.0. The van der Waals surface area contributed by atoms with Gasteiger partial charge in [-0.1, -0.05) is 50.0 Å². The second-order valence-corrected chi connectivity index (χ2v) is 11.7. The number of benzene rings is 2. The molecule has 0 fully saturated rings. The lowest BCUT2D eigenvalue weighted by atomic mass is 10.2. The lowest BCUT2D eigenvalue weighted by Gasteiger charge is -2.36. The third kappa shape index (κ3) is 5.40. The van der Waals surface area contributed by atoms with Crippen LogP contribution in [-0.4, -0.2) is 21.3 Å². The number of esters is 1. The molecule has 0 saturated carbocycles. The standard InChI is InChI=1S/C20H23F2NO3Si/c1-25-17-12-10-16(11-13-17)23(27(2,3)4)18(19(21)22)20(24)26-14-15-8-6-5-7-9-15/h5-13H,14H2,1-4H3. The normalized spacial score (nSPS) is 10.9. The van der Waals surface area contributed by atoms with Crippen LogP contribution in [0.15, 0.2) is 66.4 Å². The molecule has 2 aromatic carbocycles. The fourth-order valence-corrected chi connectivity index (χ4v) is 4.40. The molecule has 0 radical (unpaired) electrons. The van der Waals surface area contributed by atoms with Gasteiger partial charge in [0.2, 0.25) is 0 Å². The molecule has 0 atom stereocenters. The minimum Gasteiger partial charge on any atom is -0.497 e. The molecule has 0 saturated heterocycles. The predicted octanol–water partition coefficient (Wildman–Crippen LogP) is 5.19. The Morgan fingerprint density at radius 3 is 2.07 bits per heavy atom. The van der Waals surface area contributed by atoms with Crippen LogP contribution in [0.4, 0.5) is 14.5 Å². The number of hydrogen-bond donors (Lipinski definition) is 0. The zero-order valence-electron chi connectivity index (χ0n) is 15.8. The smallest absolute Gasteiger partial charge is 0.360 e. The molecule has 0 aliphatic carbocycles. The van der Waals surface area contributed by atoms with E-state index in [1.54, 1.807) is 48.5 Å². The molecule has 0 N–H and O–H groups in total. The number of methoxy groups -OCH3 is 1. The van der Waals surface area contributed by atoms with Crippen LogP contribution in [0.5, 0.6) is 5.75 Å². The van der Waals surface area contributed by atoms with Crippen molar-refractivity contribution in [2.45, 2.75) is 26.2 Å². The summed E-state index contributed by atoms with van der Waals surface area (Å²) in [5.74, 6) is -0.440. The second-order valence-electron chi connectivity index (χ2n) is 6.88. The SMILES string of the molecule is COc1ccc(N(C(C(=O)OCc2ccccc2)=C(F)F)[Si](C)(C)C)cc1. The third-order valence-electron chi connectivity index (χ3n) is 3.81. The molecular weight excluding hydrogens is 368 g/mol. The van der Waals surface area contributed by atoms with Crippen molar-refractivity contribution in [3.05, 3.63) is 71.9 Å². The number of carbonyl (C=O) groups excluding carboxylic acids is 1. The van der Waals surface area contributed by atoms with E-state index in [1.807, 2.05) is 25.7 Å². The van der Waals surface area contributed by atoms with Gasteiger partial charge in [0.1, 0.15) is 12.4 Å². The Bertz CT molecular complexity index is 798. The van der Waals surface area contributed by atoms with Crippen molar-refractivity contribution in [2.75, 3.05) is 11.7 Å². The average molecular weight is 391 g/mol. The quantitative estimate of drug-likeness (QED) is 0.370. The molecule has 27 heavy (non-hydrogen) atoms. The van der Waals surface area contributed by atoms with Crippen LogP contribution in [0.3, 0.4) is 0 Å². The molecule has 0 spiro atoms. The highest BCUT2D eigenvalue weighted by Crippen LogP contribution is 2.31. The van der Waals surface area contributed by atoms with E-state index >= 15 is 0 Å². The summed E-state index contributed by atoms with van der Waals surface area (Å²) in [6.07, 6.45) is -2.06. The van der Waals surface area contributed by atoms with E-state index in [0.717, 1.165) is 5.56 Å². The number of ether oxygens (including phenoxy) is 2. The summed E-state index contributed by atoms with van der Waals surface area (Å²) in [5, 5.41) is 0. The maximum atomic E-state index is 13.8. The Kier molecular flexibility index (Phi) is 6.73. The van der Waals surface area contributed by atoms with E-state index in [1.165, 1.54) is 11.7 Å². The first-order valence-electron chi connectivity index (χ1n) is 8.44. The highest BCUT2D eigenvalue weighted by Gasteiger charge is 2.35. The largest absolute Gasteiger partial charge is 0.497 e. The molecule has 0 amide bonds. The molecule has 7 heteroatoms. The van der Waals surface area contributed by atoms with Crippen molar-refractivity contribution in [1.29, 1.82) is 0 Å². The minimum atomic E-state index is -2.40. The van der Waals surface area contributed by atoms with Gasteiger partial charge in [0.05, 0.1) is 7.11 Å². The van der Waals surface area contributed by atoms with Gasteiger partial charge in [-0.25, -0.2) is 4.79 Å². The van der Waals surface area contributed by atoms with Crippen molar-refractivity contribution >= 4 is 19.9 Å². The molecule has 4 nitrogen and oxygen atoms in total. The number of nitrogens with zero attached hydrogens (tertiary/aromatic N) is 1. The van der Waals surface area contributed by atoms with Crippen LogP contribution in [0.2, 0.25) is 19.6 Å². The molecule has 0 aromatic heterocycles. The second kappa shape index (κ2) is 8.81. The molecular formula is C20H23F2NO3Si. The first-order valence-corrected chi connectivity index (χ1v) is 11.9. The Labute approximate surface area is 159 Å². The monoisotopic (exact) mass is 391 g/mol. The van der Waals surface area contributed by atoms with E-state index in [9.17, 15) is 13.6 Å². The molecule has 0 unspecified atom stereocenters. The van der Waals surface area contributed by atoms with Crippen molar-refractivity contribution in [2.24, 2.45) is 0 Å².